The first-order valence-electron chi connectivity index (χ1n) is 8.11. The zero-order valence-electron chi connectivity index (χ0n) is 15.2. The number of halogens is 1. The van der Waals surface area contributed by atoms with E-state index in [9.17, 15) is 0 Å². The predicted octanol–water partition coefficient (Wildman–Crippen LogP) is 3.78. The van der Waals surface area contributed by atoms with Gasteiger partial charge < -0.3 is 4.74 Å². The maximum absolute atomic E-state index is 6.55. The average molecular weight is 340 g/mol. The molecule has 0 saturated heterocycles. The molecule has 0 heterocycles. The molecule has 0 fully saturated rings. The molecular formula is C18H30ClN3O. The van der Waals surface area contributed by atoms with Gasteiger partial charge in [0.05, 0.1) is 6.26 Å². The molecule has 23 heavy (non-hydrogen) atoms. The van der Waals surface area contributed by atoms with Crippen molar-refractivity contribution in [2.75, 3.05) is 34.2 Å². The minimum atomic E-state index is -0.430. The maximum Gasteiger partial charge on any atom is 0.147 e. The molecule has 5 heteroatoms. The summed E-state index contributed by atoms with van der Waals surface area (Å²) in [5.41, 5.74) is 1.12. The Bertz CT molecular complexity index is 491. The summed E-state index contributed by atoms with van der Waals surface area (Å²) < 4.78 is 7.53. The minimum absolute atomic E-state index is 0.430. The number of hydrogen-bond acceptors (Lipinski definition) is 4. The quantitative estimate of drug-likeness (QED) is 0.387. The Hall–Kier alpha value is -1.07. The SMILES string of the molecule is CC=COc1ccccc1CC(N(C)C)(N(C)Cl)N(CC)CC. The molecule has 0 aliphatic rings. The summed E-state index contributed by atoms with van der Waals surface area (Å²) in [4.78, 5) is 4.52. The van der Waals surface area contributed by atoms with Crippen LogP contribution in [0.3, 0.4) is 0 Å². The number of allylic oxidation sites excluding steroid dienone is 1. The molecule has 130 valence electrons. The molecule has 1 unspecified atom stereocenters. The summed E-state index contributed by atoms with van der Waals surface area (Å²) in [5, 5.41) is 0. The highest BCUT2D eigenvalue weighted by molar-refractivity contribution is 6.13. The lowest BCUT2D eigenvalue weighted by molar-refractivity contribution is -0.100. The first-order valence-corrected chi connectivity index (χ1v) is 8.45. The van der Waals surface area contributed by atoms with Gasteiger partial charge in [-0.1, -0.05) is 38.1 Å². The van der Waals surface area contributed by atoms with Crippen LogP contribution in [-0.4, -0.2) is 54.2 Å². The second kappa shape index (κ2) is 9.28. The van der Waals surface area contributed by atoms with Gasteiger partial charge in [-0.2, -0.15) is 4.42 Å². The summed E-state index contributed by atoms with van der Waals surface area (Å²) in [7, 11) is 6.04. The Morgan fingerprint density at radius 1 is 1.13 bits per heavy atom. The largest absolute Gasteiger partial charge is 0.465 e. The fourth-order valence-corrected chi connectivity index (χ4v) is 3.34. The molecule has 1 rings (SSSR count). The Morgan fingerprint density at radius 3 is 2.22 bits per heavy atom. The Balaban J connectivity index is 3.30. The van der Waals surface area contributed by atoms with Crippen LogP contribution >= 0.6 is 11.8 Å². The van der Waals surface area contributed by atoms with Gasteiger partial charge in [-0.25, -0.2) is 0 Å². The number of likely N-dealkylation sites (N-methyl/N-ethyl adjacent to an activating group) is 3. The number of rotatable bonds is 9. The fraction of sp³-hybridized carbons (Fsp3) is 0.556. The van der Waals surface area contributed by atoms with E-state index >= 15 is 0 Å². The highest BCUT2D eigenvalue weighted by Gasteiger charge is 2.42. The molecule has 0 aromatic heterocycles. The first-order chi connectivity index (χ1) is 10.9. The second-order valence-corrected chi connectivity index (χ2v) is 6.20. The lowest BCUT2D eigenvalue weighted by atomic mass is 10.0. The minimum Gasteiger partial charge on any atom is -0.465 e. The highest BCUT2D eigenvalue weighted by Crippen LogP contribution is 2.32. The van der Waals surface area contributed by atoms with Crippen molar-refractivity contribution in [2.45, 2.75) is 33.0 Å². The monoisotopic (exact) mass is 339 g/mol. The maximum atomic E-state index is 6.55. The smallest absolute Gasteiger partial charge is 0.147 e. The zero-order chi connectivity index (χ0) is 17.5. The lowest BCUT2D eigenvalue weighted by Gasteiger charge is -2.50. The van der Waals surface area contributed by atoms with Gasteiger partial charge in [-0.15, -0.1) is 0 Å². The molecule has 1 aromatic rings. The van der Waals surface area contributed by atoms with Crippen LogP contribution in [0.15, 0.2) is 36.6 Å². The van der Waals surface area contributed by atoms with E-state index in [1.807, 2.05) is 38.2 Å². The lowest BCUT2D eigenvalue weighted by Crippen LogP contribution is -2.66. The van der Waals surface area contributed by atoms with Crippen LogP contribution in [-0.2, 0) is 6.42 Å². The molecule has 0 saturated carbocycles. The summed E-state index contributed by atoms with van der Waals surface area (Å²) in [6.07, 6.45) is 4.32. The van der Waals surface area contributed by atoms with E-state index in [1.54, 1.807) is 10.7 Å². The molecule has 0 spiro atoms. The number of para-hydroxylation sites is 1. The summed E-state index contributed by atoms with van der Waals surface area (Å²) >= 11 is 6.55. The van der Waals surface area contributed by atoms with Crippen molar-refractivity contribution < 1.29 is 4.74 Å². The molecule has 0 N–H and O–H groups in total. The van der Waals surface area contributed by atoms with Crippen molar-refractivity contribution in [3.05, 3.63) is 42.2 Å². The summed E-state index contributed by atoms with van der Waals surface area (Å²) in [6, 6.07) is 8.11. The molecule has 0 aliphatic carbocycles. The number of hydrogen-bond donors (Lipinski definition) is 0. The topological polar surface area (TPSA) is 19.0 Å². The van der Waals surface area contributed by atoms with Crippen molar-refractivity contribution in [1.82, 2.24) is 14.2 Å². The Kier molecular flexibility index (Phi) is 8.06. The molecule has 0 aliphatic heterocycles. The molecule has 1 aromatic carbocycles. The van der Waals surface area contributed by atoms with Gasteiger partial charge in [0.25, 0.3) is 0 Å². The van der Waals surface area contributed by atoms with E-state index < -0.39 is 5.79 Å². The van der Waals surface area contributed by atoms with Gasteiger partial charge in [0, 0.05) is 13.5 Å². The van der Waals surface area contributed by atoms with Crippen LogP contribution in [0.1, 0.15) is 26.3 Å². The summed E-state index contributed by atoms with van der Waals surface area (Å²) in [5.74, 6) is 0.433. The fourth-order valence-electron chi connectivity index (χ4n) is 3.02. The van der Waals surface area contributed by atoms with Crippen LogP contribution in [0.4, 0.5) is 0 Å². The van der Waals surface area contributed by atoms with E-state index in [0.717, 1.165) is 30.8 Å². The van der Waals surface area contributed by atoms with Crippen molar-refractivity contribution >= 4 is 11.8 Å². The first kappa shape index (κ1) is 20.0. The third-order valence-electron chi connectivity index (χ3n) is 4.21. The number of benzene rings is 1. The van der Waals surface area contributed by atoms with E-state index in [2.05, 4.69) is 43.8 Å². The Morgan fingerprint density at radius 2 is 1.74 bits per heavy atom. The van der Waals surface area contributed by atoms with Crippen LogP contribution in [0.25, 0.3) is 0 Å². The molecule has 4 nitrogen and oxygen atoms in total. The van der Waals surface area contributed by atoms with Crippen LogP contribution in [0, 0.1) is 0 Å². The van der Waals surface area contributed by atoms with E-state index in [1.165, 1.54) is 0 Å². The standard InChI is InChI=1S/C18H30ClN3O/c1-7-14-23-17-13-11-10-12-16(17)15-18(20(4)5,21(6)19)22(8-2)9-3/h7,10-14H,8-9,15H2,1-6H3. The van der Waals surface area contributed by atoms with Crippen LogP contribution in [0.5, 0.6) is 5.75 Å². The van der Waals surface area contributed by atoms with E-state index in [4.69, 9.17) is 16.5 Å². The van der Waals surface area contributed by atoms with E-state index in [0.29, 0.717) is 0 Å². The predicted molar refractivity (Wildman–Crippen MR) is 98.5 cm³/mol. The highest BCUT2D eigenvalue weighted by atomic mass is 35.5. The summed E-state index contributed by atoms with van der Waals surface area (Å²) in [6.45, 7) is 8.07. The van der Waals surface area contributed by atoms with Crippen molar-refractivity contribution in [3.8, 4) is 5.75 Å². The number of nitrogens with zero attached hydrogens (tertiary/aromatic N) is 3. The van der Waals surface area contributed by atoms with Gasteiger partial charge in [-0.05, 0) is 57.5 Å². The van der Waals surface area contributed by atoms with Crippen molar-refractivity contribution in [3.63, 3.8) is 0 Å². The van der Waals surface area contributed by atoms with Gasteiger partial charge in [-0.3, -0.25) is 9.80 Å². The molecular weight excluding hydrogens is 310 g/mol. The number of ether oxygens (including phenoxy) is 1. The van der Waals surface area contributed by atoms with E-state index in [-0.39, 0.29) is 0 Å². The average Bonchev–Trinajstić information content (AvgIpc) is 2.53. The molecule has 0 bridgehead atoms. The van der Waals surface area contributed by atoms with Crippen molar-refractivity contribution in [1.29, 1.82) is 0 Å². The zero-order valence-corrected chi connectivity index (χ0v) is 16.0. The molecule has 0 amide bonds. The second-order valence-electron chi connectivity index (χ2n) is 5.69. The normalized spacial score (nSPS) is 14.9. The molecule has 0 radical (unpaired) electrons. The van der Waals surface area contributed by atoms with Gasteiger partial charge in [0.2, 0.25) is 0 Å². The third-order valence-corrected chi connectivity index (χ3v) is 4.48. The van der Waals surface area contributed by atoms with Crippen LogP contribution < -0.4 is 4.74 Å². The Labute approximate surface area is 146 Å². The van der Waals surface area contributed by atoms with Crippen molar-refractivity contribution in [2.24, 2.45) is 0 Å². The van der Waals surface area contributed by atoms with Gasteiger partial charge in [0.15, 0.2) is 0 Å². The third kappa shape index (κ3) is 4.48. The van der Waals surface area contributed by atoms with Gasteiger partial charge in [0.1, 0.15) is 11.5 Å². The van der Waals surface area contributed by atoms with Gasteiger partial charge >= 0.3 is 0 Å². The molecule has 1 atom stereocenters. The van der Waals surface area contributed by atoms with Crippen LogP contribution in [0.2, 0.25) is 0 Å².